The van der Waals surface area contributed by atoms with Crippen LogP contribution in [-0.2, 0) is 4.79 Å². The van der Waals surface area contributed by atoms with E-state index in [2.05, 4.69) is 19.1 Å². The van der Waals surface area contributed by atoms with Crippen molar-refractivity contribution in [3.8, 4) is 0 Å². The van der Waals surface area contributed by atoms with E-state index in [1.54, 1.807) is 0 Å². The van der Waals surface area contributed by atoms with Crippen molar-refractivity contribution in [2.45, 2.75) is 135 Å². The lowest BCUT2D eigenvalue weighted by atomic mass is 10.0. The van der Waals surface area contributed by atoms with E-state index in [9.17, 15) is 4.79 Å². The van der Waals surface area contributed by atoms with Gasteiger partial charge in [-0.3, -0.25) is 4.79 Å². The van der Waals surface area contributed by atoms with Gasteiger partial charge in [0, 0.05) is 6.42 Å². The number of carboxylic acids is 1. The first-order chi connectivity index (χ1) is 12.8. The summed E-state index contributed by atoms with van der Waals surface area (Å²) in [5.41, 5.74) is 0. The maximum Gasteiger partial charge on any atom is 0.303 e. The van der Waals surface area contributed by atoms with Crippen LogP contribution in [0.4, 0.5) is 0 Å². The summed E-state index contributed by atoms with van der Waals surface area (Å²) in [5.74, 6) is -0.659. The third-order valence-corrected chi connectivity index (χ3v) is 5.15. The van der Waals surface area contributed by atoms with Crippen molar-refractivity contribution >= 4 is 5.97 Å². The van der Waals surface area contributed by atoms with Crippen LogP contribution in [0.5, 0.6) is 0 Å². The topological polar surface area (TPSA) is 37.3 Å². The van der Waals surface area contributed by atoms with Gasteiger partial charge in [-0.1, -0.05) is 109 Å². The van der Waals surface area contributed by atoms with Crippen LogP contribution in [0.1, 0.15) is 135 Å². The minimum Gasteiger partial charge on any atom is -0.481 e. The van der Waals surface area contributed by atoms with E-state index in [-0.39, 0.29) is 0 Å². The quantitative estimate of drug-likeness (QED) is 0.163. The number of allylic oxidation sites excluding steroid dienone is 2. The molecule has 0 bridgehead atoms. The molecule has 0 rings (SSSR count). The van der Waals surface area contributed by atoms with Crippen molar-refractivity contribution in [3.63, 3.8) is 0 Å². The molecule has 0 saturated heterocycles. The van der Waals surface area contributed by atoms with Crippen LogP contribution in [0.25, 0.3) is 0 Å². The summed E-state index contributed by atoms with van der Waals surface area (Å²) < 4.78 is 0. The van der Waals surface area contributed by atoms with E-state index in [4.69, 9.17) is 5.11 Å². The van der Waals surface area contributed by atoms with Gasteiger partial charge in [-0.05, 0) is 32.1 Å². The van der Waals surface area contributed by atoms with Gasteiger partial charge in [0.15, 0.2) is 0 Å². The van der Waals surface area contributed by atoms with Gasteiger partial charge >= 0.3 is 5.97 Å². The Morgan fingerprint density at radius 3 is 1.31 bits per heavy atom. The fourth-order valence-electron chi connectivity index (χ4n) is 3.41. The van der Waals surface area contributed by atoms with Crippen molar-refractivity contribution in [1.29, 1.82) is 0 Å². The van der Waals surface area contributed by atoms with Crippen molar-refractivity contribution in [2.24, 2.45) is 0 Å². The summed E-state index contributed by atoms with van der Waals surface area (Å²) in [6.07, 6.45) is 30.1. The second-order valence-electron chi connectivity index (χ2n) is 7.85. The van der Waals surface area contributed by atoms with Crippen molar-refractivity contribution in [3.05, 3.63) is 12.2 Å². The summed E-state index contributed by atoms with van der Waals surface area (Å²) in [6, 6.07) is 0. The van der Waals surface area contributed by atoms with E-state index in [1.165, 1.54) is 109 Å². The highest BCUT2D eigenvalue weighted by molar-refractivity contribution is 5.66. The molecule has 0 radical (unpaired) electrons. The number of carboxylic acid groups (broad SMARTS) is 1. The van der Waals surface area contributed by atoms with Crippen LogP contribution in [0, 0.1) is 0 Å². The lowest BCUT2D eigenvalue weighted by molar-refractivity contribution is -0.137. The Bertz CT molecular complexity index is 309. The zero-order chi connectivity index (χ0) is 19.1. The van der Waals surface area contributed by atoms with E-state index in [0.29, 0.717) is 6.42 Å². The molecule has 0 spiro atoms. The highest BCUT2D eigenvalue weighted by Gasteiger charge is 1.96. The standard InChI is InChI=1S/C24H46O2/c1-2-3-4-5-6-7-8-9-10-11-12-13-14-15-16-17-18-19-20-21-22-23-24(25)26/h14-15H,2-13,16-23H2,1H3,(H,25,26). The van der Waals surface area contributed by atoms with Gasteiger partial charge < -0.3 is 5.11 Å². The molecule has 154 valence electrons. The normalized spacial score (nSPS) is 11.4. The third kappa shape index (κ3) is 23.2. The Kier molecular flexibility index (Phi) is 21.6. The highest BCUT2D eigenvalue weighted by atomic mass is 16.4. The average molecular weight is 367 g/mol. The van der Waals surface area contributed by atoms with Gasteiger partial charge in [-0.15, -0.1) is 0 Å². The summed E-state index contributed by atoms with van der Waals surface area (Å²) in [4.78, 5) is 10.4. The molecule has 0 aliphatic carbocycles. The largest absolute Gasteiger partial charge is 0.481 e. The second kappa shape index (κ2) is 22.3. The highest BCUT2D eigenvalue weighted by Crippen LogP contribution is 2.12. The molecule has 0 aromatic heterocycles. The molecule has 0 fully saturated rings. The Morgan fingerprint density at radius 2 is 0.923 bits per heavy atom. The van der Waals surface area contributed by atoms with Crippen molar-refractivity contribution in [2.75, 3.05) is 0 Å². The number of unbranched alkanes of at least 4 members (excludes halogenated alkanes) is 17. The van der Waals surface area contributed by atoms with Crippen LogP contribution < -0.4 is 0 Å². The molecule has 0 aromatic carbocycles. The molecule has 0 amide bonds. The predicted molar refractivity (Wildman–Crippen MR) is 115 cm³/mol. The van der Waals surface area contributed by atoms with Crippen LogP contribution in [0.3, 0.4) is 0 Å². The summed E-state index contributed by atoms with van der Waals surface area (Å²) in [5, 5.41) is 8.56. The third-order valence-electron chi connectivity index (χ3n) is 5.15. The second-order valence-corrected chi connectivity index (χ2v) is 7.85. The maximum atomic E-state index is 10.4. The molecule has 0 heterocycles. The molecule has 0 saturated carbocycles. The predicted octanol–water partition coefficient (Wildman–Crippen LogP) is 8.45. The molecular weight excluding hydrogens is 320 g/mol. The number of rotatable bonds is 21. The van der Waals surface area contributed by atoms with Gasteiger partial charge in [0.2, 0.25) is 0 Å². The lowest BCUT2D eigenvalue weighted by Crippen LogP contribution is -1.93. The first-order valence-corrected chi connectivity index (χ1v) is 11.6. The zero-order valence-electron chi connectivity index (χ0n) is 17.7. The van der Waals surface area contributed by atoms with Crippen molar-refractivity contribution < 1.29 is 9.90 Å². The molecule has 0 atom stereocenters. The molecule has 0 aliphatic heterocycles. The number of hydrogen-bond acceptors (Lipinski definition) is 1. The molecule has 2 heteroatoms. The fourth-order valence-corrected chi connectivity index (χ4v) is 3.41. The van der Waals surface area contributed by atoms with Gasteiger partial charge in [0.1, 0.15) is 0 Å². The Balaban J connectivity index is 3.07. The van der Waals surface area contributed by atoms with E-state index in [1.807, 2.05) is 0 Å². The molecule has 0 aromatic rings. The lowest BCUT2D eigenvalue weighted by Gasteiger charge is -2.01. The summed E-state index contributed by atoms with van der Waals surface area (Å²) >= 11 is 0. The average Bonchev–Trinajstić information content (AvgIpc) is 2.62. The fraction of sp³-hybridized carbons (Fsp3) is 0.875. The van der Waals surface area contributed by atoms with Gasteiger partial charge in [0.05, 0.1) is 0 Å². The Labute approximate surface area is 163 Å². The summed E-state index contributed by atoms with van der Waals surface area (Å²) in [6.45, 7) is 2.28. The monoisotopic (exact) mass is 366 g/mol. The van der Waals surface area contributed by atoms with Crippen LogP contribution in [0.15, 0.2) is 12.2 Å². The smallest absolute Gasteiger partial charge is 0.303 e. The minimum absolute atomic E-state index is 0.335. The molecule has 1 N–H and O–H groups in total. The van der Waals surface area contributed by atoms with E-state index in [0.717, 1.165) is 12.8 Å². The van der Waals surface area contributed by atoms with Crippen LogP contribution >= 0.6 is 0 Å². The SMILES string of the molecule is CCCCCCCCCCCCCC=CCCCCCCCCC(=O)O. The summed E-state index contributed by atoms with van der Waals surface area (Å²) in [7, 11) is 0. The Morgan fingerprint density at radius 1 is 0.577 bits per heavy atom. The maximum absolute atomic E-state index is 10.4. The molecule has 26 heavy (non-hydrogen) atoms. The molecule has 2 nitrogen and oxygen atoms in total. The van der Waals surface area contributed by atoms with E-state index >= 15 is 0 Å². The van der Waals surface area contributed by atoms with Gasteiger partial charge in [-0.25, -0.2) is 0 Å². The van der Waals surface area contributed by atoms with E-state index < -0.39 is 5.97 Å². The molecular formula is C24H46O2. The molecule has 0 aliphatic rings. The first kappa shape index (κ1) is 25.2. The van der Waals surface area contributed by atoms with Crippen LogP contribution in [0.2, 0.25) is 0 Å². The number of carbonyl (C=O) groups is 1. The zero-order valence-corrected chi connectivity index (χ0v) is 17.7. The minimum atomic E-state index is -0.659. The van der Waals surface area contributed by atoms with Gasteiger partial charge in [-0.2, -0.15) is 0 Å². The van der Waals surface area contributed by atoms with Gasteiger partial charge in [0.25, 0.3) is 0 Å². The first-order valence-electron chi connectivity index (χ1n) is 11.6. The Hall–Kier alpha value is -0.790. The molecule has 0 unspecified atom stereocenters. The van der Waals surface area contributed by atoms with Crippen molar-refractivity contribution in [1.82, 2.24) is 0 Å². The number of aliphatic carboxylic acids is 1. The van der Waals surface area contributed by atoms with Crippen LogP contribution in [-0.4, -0.2) is 11.1 Å². The number of hydrogen-bond donors (Lipinski definition) is 1.